The van der Waals surface area contributed by atoms with Gasteiger partial charge in [0, 0.05) is 31.1 Å². The minimum Gasteiger partial charge on any atom is -0.373 e. The second-order valence-electron chi connectivity index (χ2n) is 8.27. The molecule has 0 bridgehead atoms. The van der Waals surface area contributed by atoms with Crippen LogP contribution >= 0.6 is 15.9 Å². The molecule has 3 amide bonds. The summed E-state index contributed by atoms with van der Waals surface area (Å²) in [5.41, 5.74) is 1.13. The maximum absolute atomic E-state index is 14.2. The number of amides is 3. The van der Waals surface area contributed by atoms with Gasteiger partial charge >= 0.3 is 6.03 Å². The summed E-state index contributed by atoms with van der Waals surface area (Å²) in [7, 11) is 1.39. The monoisotopic (exact) mass is 563 g/mol. The summed E-state index contributed by atoms with van der Waals surface area (Å²) in [5.74, 6) is -2.25. The van der Waals surface area contributed by atoms with E-state index in [1.807, 2.05) is 0 Å². The summed E-state index contributed by atoms with van der Waals surface area (Å²) in [6.45, 7) is 0.940. The first-order valence-corrected chi connectivity index (χ1v) is 11.5. The number of alkyl halides is 2. The maximum atomic E-state index is 14.2. The first kappa shape index (κ1) is 25.4. The number of anilines is 1. The average Bonchev–Trinajstić information content (AvgIpc) is 3.06. The average molecular weight is 564 g/mol. The zero-order chi connectivity index (χ0) is 25.4. The van der Waals surface area contributed by atoms with Crippen molar-refractivity contribution in [3.63, 3.8) is 0 Å². The summed E-state index contributed by atoms with van der Waals surface area (Å²) in [5, 5.41) is 7.95. The topological polar surface area (TPSA) is 88.9 Å². The fraction of sp³-hybridized carbons (Fsp3) is 0.476. The Kier molecular flexibility index (Phi) is 7.33. The molecule has 1 N–H and O–H groups in total. The third kappa shape index (κ3) is 5.28. The van der Waals surface area contributed by atoms with Gasteiger partial charge in [0.25, 0.3) is 12.3 Å². The lowest BCUT2D eigenvalue weighted by molar-refractivity contribution is -0.169. The van der Waals surface area contributed by atoms with Gasteiger partial charge in [-0.3, -0.25) is 14.3 Å². The molecule has 35 heavy (non-hydrogen) atoms. The van der Waals surface area contributed by atoms with Crippen molar-refractivity contribution in [1.29, 1.82) is 0 Å². The predicted octanol–water partition coefficient (Wildman–Crippen LogP) is 3.57. The van der Waals surface area contributed by atoms with Crippen LogP contribution in [0.3, 0.4) is 0 Å². The number of carbonyl (C=O) groups is 2. The number of nitrogens with zero attached hydrogens (tertiary/aromatic N) is 4. The van der Waals surface area contributed by atoms with E-state index in [0.29, 0.717) is 23.7 Å². The lowest BCUT2D eigenvalue weighted by atomic mass is 9.99. The van der Waals surface area contributed by atoms with E-state index in [2.05, 4.69) is 26.3 Å². The van der Waals surface area contributed by atoms with Gasteiger partial charge in [-0.1, -0.05) is 0 Å². The molecule has 1 aromatic carbocycles. The lowest BCUT2D eigenvalue weighted by Gasteiger charge is -2.33. The summed E-state index contributed by atoms with van der Waals surface area (Å²) < 4.78 is 58.9. The molecule has 190 valence electrons. The van der Waals surface area contributed by atoms with Crippen LogP contribution in [0.1, 0.15) is 28.7 Å². The third-order valence-electron chi connectivity index (χ3n) is 5.72. The molecule has 2 aliphatic heterocycles. The summed E-state index contributed by atoms with van der Waals surface area (Å²) in [6.07, 6.45) is -3.04. The SMILES string of the molecule is CC1Cc2nn3c(c2CN1C(=O)Nc1cc(Br)c(F)cc1F)C(=O)N(C)OC(COCC(F)F)C3. The van der Waals surface area contributed by atoms with Crippen LogP contribution in [0.25, 0.3) is 0 Å². The van der Waals surface area contributed by atoms with Crippen LogP contribution < -0.4 is 5.32 Å². The van der Waals surface area contributed by atoms with Crippen LogP contribution in [-0.4, -0.2) is 70.5 Å². The van der Waals surface area contributed by atoms with E-state index in [9.17, 15) is 27.2 Å². The van der Waals surface area contributed by atoms with Gasteiger partial charge in [0.15, 0.2) is 0 Å². The van der Waals surface area contributed by atoms with E-state index in [-0.39, 0.29) is 41.6 Å². The molecule has 14 heteroatoms. The van der Waals surface area contributed by atoms with Crippen molar-refractivity contribution in [3.05, 3.63) is 45.2 Å². The Morgan fingerprint density at radius 3 is 2.80 bits per heavy atom. The van der Waals surface area contributed by atoms with Crippen molar-refractivity contribution in [2.45, 2.75) is 45.0 Å². The van der Waals surface area contributed by atoms with Crippen LogP contribution in [0.15, 0.2) is 16.6 Å². The van der Waals surface area contributed by atoms with Crippen LogP contribution in [0.2, 0.25) is 0 Å². The van der Waals surface area contributed by atoms with E-state index < -0.39 is 42.7 Å². The van der Waals surface area contributed by atoms with Crippen LogP contribution in [0.5, 0.6) is 0 Å². The number of nitrogens with one attached hydrogen (secondary N) is 1. The Morgan fingerprint density at radius 1 is 1.34 bits per heavy atom. The Labute approximate surface area is 206 Å². The zero-order valence-corrected chi connectivity index (χ0v) is 20.3. The summed E-state index contributed by atoms with van der Waals surface area (Å²) in [6, 6.07) is 0.804. The Hall–Kier alpha value is -2.71. The van der Waals surface area contributed by atoms with E-state index in [4.69, 9.17) is 9.57 Å². The smallest absolute Gasteiger partial charge is 0.322 e. The highest BCUT2D eigenvalue weighted by Gasteiger charge is 2.37. The Balaban J connectivity index is 1.56. The second-order valence-corrected chi connectivity index (χ2v) is 9.13. The van der Waals surface area contributed by atoms with E-state index in [1.165, 1.54) is 16.6 Å². The molecule has 0 fully saturated rings. The molecule has 3 heterocycles. The Bertz CT molecular complexity index is 1150. The molecule has 0 saturated heterocycles. The molecule has 2 unspecified atom stereocenters. The first-order chi connectivity index (χ1) is 16.5. The lowest BCUT2D eigenvalue weighted by Crippen LogP contribution is -2.45. The molecule has 2 atom stereocenters. The molecule has 2 aliphatic rings. The molecule has 0 saturated carbocycles. The number of hydroxylamine groups is 2. The number of carbonyl (C=O) groups excluding carboxylic acids is 2. The number of aromatic nitrogens is 2. The number of rotatable bonds is 5. The minimum atomic E-state index is -2.63. The van der Waals surface area contributed by atoms with E-state index in [1.54, 1.807) is 6.92 Å². The molecule has 0 aliphatic carbocycles. The van der Waals surface area contributed by atoms with Gasteiger partial charge in [-0.05, 0) is 28.9 Å². The highest BCUT2D eigenvalue weighted by Crippen LogP contribution is 2.30. The van der Waals surface area contributed by atoms with Gasteiger partial charge in [0.1, 0.15) is 30.0 Å². The predicted molar refractivity (Wildman–Crippen MR) is 118 cm³/mol. The normalized spacial score (nSPS) is 20.1. The standard InChI is InChI=1S/C21H22BrF4N5O4/c1-10-3-16-12(7-30(10)21(33)27-17-4-13(22)14(23)5-15(17)24)19-20(32)29(2)35-11(6-31(19)28-16)8-34-9-18(25)26/h4-5,10-11,18H,3,6-9H2,1-2H3,(H,27,33). The highest BCUT2D eigenvalue weighted by molar-refractivity contribution is 9.10. The van der Waals surface area contributed by atoms with Crippen molar-refractivity contribution in [1.82, 2.24) is 19.7 Å². The molecule has 2 aromatic rings. The quantitative estimate of drug-likeness (QED) is 0.444. The van der Waals surface area contributed by atoms with E-state index in [0.717, 1.165) is 11.1 Å². The van der Waals surface area contributed by atoms with Crippen LogP contribution in [0.4, 0.5) is 28.0 Å². The zero-order valence-electron chi connectivity index (χ0n) is 18.7. The van der Waals surface area contributed by atoms with Crippen molar-refractivity contribution in [2.24, 2.45) is 0 Å². The van der Waals surface area contributed by atoms with Crippen molar-refractivity contribution in [2.75, 3.05) is 25.6 Å². The first-order valence-electron chi connectivity index (χ1n) is 10.7. The van der Waals surface area contributed by atoms with Gasteiger partial charge < -0.3 is 15.0 Å². The number of fused-ring (bicyclic) bond motifs is 3. The van der Waals surface area contributed by atoms with Crippen molar-refractivity contribution >= 4 is 33.6 Å². The van der Waals surface area contributed by atoms with Crippen molar-refractivity contribution < 1.29 is 36.7 Å². The fourth-order valence-corrected chi connectivity index (χ4v) is 4.41. The molecule has 0 spiro atoms. The van der Waals surface area contributed by atoms with Crippen LogP contribution in [0, 0.1) is 11.6 Å². The van der Waals surface area contributed by atoms with Gasteiger partial charge in [0.05, 0.1) is 35.6 Å². The number of hydrogen-bond acceptors (Lipinski definition) is 5. The largest absolute Gasteiger partial charge is 0.373 e. The number of halogens is 5. The van der Waals surface area contributed by atoms with Gasteiger partial charge in [-0.2, -0.15) is 5.10 Å². The molecule has 1 aromatic heterocycles. The number of benzene rings is 1. The number of hydrogen-bond donors (Lipinski definition) is 1. The minimum absolute atomic E-state index is 0.00772. The molecule has 9 nitrogen and oxygen atoms in total. The van der Waals surface area contributed by atoms with E-state index >= 15 is 0 Å². The highest BCUT2D eigenvalue weighted by atomic mass is 79.9. The van der Waals surface area contributed by atoms with Crippen molar-refractivity contribution in [3.8, 4) is 0 Å². The molecule has 4 rings (SSSR count). The molecular formula is C21H22BrF4N5O4. The number of ether oxygens (including phenoxy) is 1. The molecular weight excluding hydrogens is 542 g/mol. The Morgan fingerprint density at radius 2 is 2.09 bits per heavy atom. The number of urea groups is 1. The van der Waals surface area contributed by atoms with Gasteiger partial charge in [-0.15, -0.1) is 0 Å². The molecule has 0 radical (unpaired) electrons. The fourth-order valence-electron chi connectivity index (χ4n) is 4.06. The maximum Gasteiger partial charge on any atom is 0.322 e. The second kappa shape index (κ2) is 10.1. The van der Waals surface area contributed by atoms with Gasteiger partial charge in [0.2, 0.25) is 0 Å². The summed E-state index contributed by atoms with van der Waals surface area (Å²) >= 11 is 2.96. The third-order valence-corrected chi connectivity index (χ3v) is 6.32. The van der Waals surface area contributed by atoms with Gasteiger partial charge in [-0.25, -0.2) is 27.4 Å². The summed E-state index contributed by atoms with van der Waals surface area (Å²) in [4.78, 5) is 33.0. The van der Waals surface area contributed by atoms with Crippen LogP contribution in [-0.2, 0) is 29.1 Å².